The molecule has 0 unspecified atom stereocenters. The Kier molecular flexibility index (Phi) is 3.88. The molecule has 0 aliphatic heterocycles. The first kappa shape index (κ1) is 13.4. The van der Waals surface area contributed by atoms with E-state index >= 15 is 0 Å². The second-order valence-electron chi connectivity index (χ2n) is 3.96. The summed E-state index contributed by atoms with van der Waals surface area (Å²) in [6, 6.07) is 9.83. The maximum atomic E-state index is 8.74. The first-order valence-electron chi connectivity index (χ1n) is 5.77. The molecule has 0 aliphatic rings. The van der Waals surface area contributed by atoms with Crippen molar-refractivity contribution in [2.24, 2.45) is 0 Å². The summed E-state index contributed by atoms with van der Waals surface area (Å²) in [6.07, 6.45) is 1.55. The molecule has 0 aliphatic carbocycles. The largest absolute Gasteiger partial charge is 0.229 e. The lowest BCUT2D eigenvalue weighted by molar-refractivity contribution is 1.11. The van der Waals surface area contributed by atoms with E-state index in [9.17, 15) is 0 Å². The zero-order chi connectivity index (χ0) is 13.9. The molecule has 20 heavy (non-hydrogen) atoms. The van der Waals surface area contributed by atoms with E-state index in [2.05, 4.69) is 21.4 Å². The molecule has 3 rings (SSSR count). The summed E-state index contributed by atoms with van der Waals surface area (Å²) >= 11 is 8.94. The van der Waals surface area contributed by atoms with Crippen LogP contribution in [-0.2, 0) is 0 Å². The standard InChI is InChI=1S/C14H8ClN3S2/c15-10-3-1-9(2-4-10)11-7-20-14-12(11)13(17-8-18-14)19-6-5-16/h1-4,7-8H,6H2. The molecule has 0 amide bonds. The molecule has 0 spiro atoms. The molecule has 0 bridgehead atoms. The molecular formula is C14H8ClN3S2. The van der Waals surface area contributed by atoms with Crippen LogP contribution < -0.4 is 0 Å². The molecule has 2 heterocycles. The number of halogens is 1. The predicted molar refractivity (Wildman–Crippen MR) is 84.2 cm³/mol. The van der Waals surface area contributed by atoms with Crippen LogP contribution in [0.15, 0.2) is 41.0 Å². The van der Waals surface area contributed by atoms with Crippen LogP contribution in [0, 0.1) is 11.3 Å². The number of aromatic nitrogens is 2. The summed E-state index contributed by atoms with van der Waals surface area (Å²) in [7, 11) is 0. The molecule has 2 aromatic heterocycles. The number of thioether (sulfide) groups is 1. The average molecular weight is 318 g/mol. The molecule has 0 fully saturated rings. The Morgan fingerprint density at radius 3 is 2.80 bits per heavy atom. The van der Waals surface area contributed by atoms with Crippen LogP contribution in [0.25, 0.3) is 21.3 Å². The first-order chi connectivity index (χ1) is 9.79. The normalized spacial score (nSPS) is 10.6. The second kappa shape index (κ2) is 5.80. The van der Waals surface area contributed by atoms with Gasteiger partial charge in [-0.25, -0.2) is 9.97 Å². The lowest BCUT2D eigenvalue weighted by Crippen LogP contribution is -1.86. The maximum absolute atomic E-state index is 8.74. The monoisotopic (exact) mass is 317 g/mol. The quantitative estimate of drug-likeness (QED) is 0.522. The SMILES string of the molecule is N#CCSc1ncnc2scc(-c3ccc(Cl)cc3)c12. The number of nitrogens with zero attached hydrogens (tertiary/aromatic N) is 3. The van der Waals surface area contributed by atoms with Gasteiger partial charge in [0, 0.05) is 16.0 Å². The lowest BCUT2D eigenvalue weighted by Gasteiger charge is -2.03. The van der Waals surface area contributed by atoms with Crippen molar-refractivity contribution in [2.75, 3.05) is 5.75 Å². The highest BCUT2D eigenvalue weighted by Crippen LogP contribution is 2.37. The van der Waals surface area contributed by atoms with E-state index in [0.717, 1.165) is 26.4 Å². The van der Waals surface area contributed by atoms with Crippen LogP contribution in [0.5, 0.6) is 0 Å². The van der Waals surface area contributed by atoms with E-state index in [1.54, 1.807) is 17.7 Å². The number of hydrogen-bond acceptors (Lipinski definition) is 5. The van der Waals surface area contributed by atoms with Crippen molar-refractivity contribution in [1.29, 1.82) is 5.26 Å². The van der Waals surface area contributed by atoms with Crippen molar-refractivity contribution < 1.29 is 0 Å². The predicted octanol–water partition coefficient (Wildman–Crippen LogP) is 4.63. The zero-order valence-electron chi connectivity index (χ0n) is 10.2. The van der Waals surface area contributed by atoms with Crippen molar-refractivity contribution in [3.8, 4) is 17.2 Å². The van der Waals surface area contributed by atoms with E-state index in [4.69, 9.17) is 16.9 Å². The number of thiophene rings is 1. The van der Waals surface area contributed by atoms with E-state index < -0.39 is 0 Å². The van der Waals surface area contributed by atoms with Crippen molar-refractivity contribution >= 4 is 44.9 Å². The fourth-order valence-electron chi connectivity index (χ4n) is 1.90. The molecule has 6 heteroatoms. The topological polar surface area (TPSA) is 49.6 Å². The van der Waals surface area contributed by atoms with Crippen LogP contribution in [0.3, 0.4) is 0 Å². The van der Waals surface area contributed by atoms with Crippen molar-refractivity contribution in [3.05, 3.63) is 41.0 Å². The van der Waals surface area contributed by atoms with Gasteiger partial charge in [-0.3, -0.25) is 0 Å². The van der Waals surface area contributed by atoms with Gasteiger partial charge in [0.2, 0.25) is 0 Å². The third-order valence-electron chi connectivity index (χ3n) is 2.76. The Labute approximate surface area is 129 Å². The highest BCUT2D eigenvalue weighted by molar-refractivity contribution is 7.99. The van der Waals surface area contributed by atoms with Gasteiger partial charge in [-0.2, -0.15) is 5.26 Å². The minimum Gasteiger partial charge on any atom is -0.229 e. The highest BCUT2D eigenvalue weighted by atomic mass is 35.5. The van der Waals surface area contributed by atoms with Crippen LogP contribution in [0.4, 0.5) is 0 Å². The Bertz CT molecular complexity index is 790. The third kappa shape index (κ3) is 2.50. The zero-order valence-corrected chi connectivity index (χ0v) is 12.6. The molecule has 0 saturated carbocycles. The van der Waals surface area contributed by atoms with Crippen molar-refractivity contribution in [2.45, 2.75) is 5.03 Å². The van der Waals surface area contributed by atoms with Crippen LogP contribution in [0.1, 0.15) is 0 Å². The molecule has 1 aromatic carbocycles. The van der Waals surface area contributed by atoms with Crippen molar-refractivity contribution in [3.63, 3.8) is 0 Å². The van der Waals surface area contributed by atoms with Crippen molar-refractivity contribution in [1.82, 2.24) is 9.97 Å². The number of nitriles is 1. The Morgan fingerprint density at radius 2 is 2.05 bits per heavy atom. The summed E-state index contributed by atoms with van der Waals surface area (Å²) < 4.78 is 0. The molecule has 3 aromatic rings. The van der Waals surface area contributed by atoms with E-state index in [0.29, 0.717) is 10.8 Å². The van der Waals surface area contributed by atoms with Gasteiger partial charge in [0.1, 0.15) is 16.2 Å². The molecule has 0 N–H and O–H groups in total. The smallest absolute Gasteiger partial charge is 0.128 e. The van der Waals surface area contributed by atoms with Gasteiger partial charge in [-0.1, -0.05) is 35.5 Å². The fraction of sp³-hybridized carbons (Fsp3) is 0.0714. The molecular weight excluding hydrogens is 310 g/mol. The molecule has 0 radical (unpaired) electrons. The summed E-state index contributed by atoms with van der Waals surface area (Å²) in [5.74, 6) is 0.377. The number of benzene rings is 1. The Morgan fingerprint density at radius 1 is 1.25 bits per heavy atom. The second-order valence-corrected chi connectivity index (χ2v) is 6.22. The summed E-state index contributed by atoms with van der Waals surface area (Å²) in [5.41, 5.74) is 2.16. The van der Waals surface area contributed by atoms with Gasteiger partial charge >= 0.3 is 0 Å². The van der Waals surface area contributed by atoms with Crippen LogP contribution in [-0.4, -0.2) is 15.7 Å². The van der Waals surface area contributed by atoms with Gasteiger partial charge in [0.05, 0.1) is 17.2 Å². The molecule has 3 nitrogen and oxygen atoms in total. The van der Waals surface area contributed by atoms with Gasteiger partial charge in [-0.15, -0.1) is 11.3 Å². The van der Waals surface area contributed by atoms with E-state index in [1.165, 1.54) is 11.8 Å². The average Bonchev–Trinajstić information content (AvgIpc) is 2.90. The minimum atomic E-state index is 0.377. The Balaban J connectivity index is 2.16. The van der Waals surface area contributed by atoms with E-state index in [1.807, 2.05) is 24.3 Å². The van der Waals surface area contributed by atoms with Gasteiger partial charge in [-0.05, 0) is 17.7 Å². The first-order valence-corrected chi connectivity index (χ1v) is 8.02. The third-order valence-corrected chi connectivity index (χ3v) is 4.76. The van der Waals surface area contributed by atoms with Gasteiger partial charge < -0.3 is 0 Å². The number of fused-ring (bicyclic) bond motifs is 1. The molecule has 0 saturated heterocycles. The summed E-state index contributed by atoms with van der Waals surface area (Å²) in [4.78, 5) is 9.54. The molecule has 0 atom stereocenters. The van der Waals surface area contributed by atoms with Crippen LogP contribution >= 0.6 is 34.7 Å². The fourth-order valence-corrected chi connectivity index (χ4v) is 3.68. The highest BCUT2D eigenvalue weighted by Gasteiger charge is 2.13. The maximum Gasteiger partial charge on any atom is 0.128 e. The van der Waals surface area contributed by atoms with Gasteiger partial charge in [0.25, 0.3) is 0 Å². The lowest BCUT2D eigenvalue weighted by atomic mass is 10.1. The summed E-state index contributed by atoms with van der Waals surface area (Å²) in [5, 5.41) is 13.4. The Hall–Kier alpha value is -1.61. The number of hydrogen-bond donors (Lipinski definition) is 0. The molecule has 98 valence electrons. The number of rotatable bonds is 3. The minimum absolute atomic E-state index is 0.377. The van der Waals surface area contributed by atoms with E-state index in [-0.39, 0.29) is 0 Å². The van der Waals surface area contributed by atoms with Gasteiger partial charge in [0.15, 0.2) is 0 Å². The summed E-state index contributed by atoms with van der Waals surface area (Å²) in [6.45, 7) is 0. The van der Waals surface area contributed by atoms with Crippen LogP contribution in [0.2, 0.25) is 5.02 Å².